The molecule has 1 heterocycles. The quantitative estimate of drug-likeness (QED) is 0.887. The number of hydrogen-bond donors (Lipinski definition) is 1. The van der Waals surface area contributed by atoms with E-state index in [2.05, 4.69) is 16.4 Å². The van der Waals surface area contributed by atoms with Gasteiger partial charge < -0.3 is 10.1 Å². The number of nitrogens with one attached hydrogen (secondary N) is 1. The van der Waals surface area contributed by atoms with Gasteiger partial charge in [0.15, 0.2) is 0 Å². The molecule has 1 aromatic carbocycles. The molecule has 106 valence electrons. The Bertz CT molecular complexity index is 560. The smallest absolute Gasteiger partial charge is 0.122 e. The van der Waals surface area contributed by atoms with Gasteiger partial charge >= 0.3 is 0 Å². The average molecular weight is 291 g/mol. The summed E-state index contributed by atoms with van der Waals surface area (Å²) in [6.07, 6.45) is 5.21. The number of hydrogen-bond acceptors (Lipinski definition) is 3. The van der Waals surface area contributed by atoms with Crippen LogP contribution >= 0.6 is 11.6 Å². The Morgan fingerprint density at radius 2 is 1.95 bits per heavy atom. The number of halogens is 1. The Balaban J connectivity index is 2.11. The van der Waals surface area contributed by atoms with E-state index in [-0.39, 0.29) is 0 Å². The molecule has 1 aromatic heterocycles. The van der Waals surface area contributed by atoms with Gasteiger partial charge in [0.2, 0.25) is 0 Å². The lowest BCUT2D eigenvalue weighted by atomic mass is 9.99. The van der Waals surface area contributed by atoms with Gasteiger partial charge in [-0.25, -0.2) is 0 Å². The monoisotopic (exact) mass is 290 g/mol. The Labute approximate surface area is 124 Å². The largest absolute Gasteiger partial charge is 0.496 e. The summed E-state index contributed by atoms with van der Waals surface area (Å²) in [4.78, 5) is 4.02. The SMILES string of the molecule is CNC(Cc1ccncc1Cl)Cc1ccccc1OC. The van der Waals surface area contributed by atoms with Crippen LogP contribution in [-0.4, -0.2) is 25.2 Å². The highest BCUT2D eigenvalue weighted by Crippen LogP contribution is 2.21. The van der Waals surface area contributed by atoms with Crippen molar-refractivity contribution in [2.75, 3.05) is 14.2 Å². The highest BCUT2D eigenvalue weighted by molar-refractivity contribution is 6.31. The molecule has 0 amide bonds. The van der Waals surface area contributed by atoms with Crippen molar-refractivity contribution in [2.45, 2.75) is 18.9 Å². The van der Waals surface area contributed by atoms with Gasteiger partial charge in [0.05, 0.1) is 12.1 Å². The lowest BCUT2D eigenvalue weighted by molar-refractivity contribution is 0.406. The van der Waals surface area contributed by atoms with Crippen LogP contribution in [0.1, 0.15) is 11.1 Å². The molecular weight excluding hydrogens is 272 g/mol. The van der Waals surface area contributed by atoms with E-state index in [0.717, 1.165) is 24.2 Å². The number of para-hydroxylation sites is 1. The summed E-state index contributed by atoms with van der Waals surface area (Å²) in [6, 6.07) is 10.4. The van der Waals surface area contributed by atoms with Crippen LogP contribution in [0.4, 0.5) is 0 Å². The van der Waals surface area contributed by atoms with E-state index in [0.29, 0.717) is 11.1 Å². The number of pyridine rings is 1. The van der Waals surface area contributed by atoms with Crippen molar-refractivity contribution in [1.29, 1.82) is 0 Å². The third kappa shape index (κ3) is 3.71. The van der Waals surface area contributed by atoms with Gasteiger partial charge in [0.1, 0.15) is 5.75 Å². The Morgan fingerprint density at radius 1 is 1.20 bits per heavy atom. The zero-order chi connectivity index (χ0) is 14.4. The van der Waals surface area contributed by atoms with Crippen LogP contribution in [0.25, 0.3) is 0 Å². The molecular formula is C16H19ClN2O. The topological polar surface area (TPSA) is 34.2 Å². The number of likely N-dealkylation sites (N-methyl/N-ethyl adjacent to an activating group) is 1. The highest BCUT2D eigenvalue weighted by atomic mass is 35.5. The van der Waals surface area contributed by atoms with E-state index in [1.165, 1.54) is 5.56 Å². The molecule has 0 aliphatic rings. The molecule has 1 atom stereocenters. The molecule has 2 rings (SSSR count). The second-order valence-corrected chi connectivity index (χ2v) is 5.08. The van der Waals surface area contributed by atoms with Crippen LogP contribution in [0.5, 0.6) is 5.75 Å². The fraction of sp³-hybridized carbons (Fsp3) is 0.312. The van der Waals surface area contributed by atoms with Gasteiger partial charge in [-0.15, -0.1) is 0 Å². The van der Waals surface area contributed by atoms with Crippen molar-refractivity contribution in [2.24, 2.45) is 0 Å². The summed E-state index contributed by atoms with van der Waals surface area (Å²) < 4.78 is 5.40. The van der Waals surface area contributed by atoms with Gasteiger partial charge in [-0.1, -0.05) is 29.8 Å². The molecule has 0 fully saturated rings. The van der Waals surface area contributed by atoms with E-state index < -0.39 is 0 Å². The third-order valence-corrected chi connectivity index (χ3v) is 3.73. The minimum absolute atomic E-state index is 0.297. The maximum absolute atomic E-state index is 6.17. The Morgan fingerprint density at radius 3 is 2.65 bits per heavy atom. The summed E-state index contributed by atoms with van der Waals surface area (Å²) in [5.41, 5.74) is 2.30. The minimum Gasteiger partial charge on any atom is -0.496 e. The van der Waals surface area contributed by atoms with Crippen LogP contribution in [0.3, 0.4) is 0 Å². The molecule has 1 unspecified atom stereocenters. The van der Waals surface area contributed by atoms with Crippen molar-refractivity contribution < 1.29 is 4.74 Å². The van der Waals surface area contributed by atoms with E-state index in [9.17, 15) is 0 Å². The van der Waals surface area contributed by atoms with Crippen molar-refractivity contribution in [3.63, 3.8) is 0 Å². The lowest BCUT2D eigenvalue weighted by Gasteiger charge is -2.18. The molecule has 2 aromatic rings. The second kappa shape index (κ2) is 7.27. The molecule has 3 nitrogen and oxygen atoms in total. The number of aromatic nitrogens is 1. The van der Waals surface area contributed by atoms with Gasteiger partial charge in [0.25, 0.3) is 0 Å². The first-order chi connectivity index (χ1) is 9.74. The standard InChI is InChI=1S/C16H19ClN2O/c1-18-14(9-12-7-8-19-11-15(12)17)10-13-5-3-4-6-16(13)20-2/h3-8,11,14,18H,9-10H2,1-2H3. The highest BCUT2D eigenvalue weighted by Gasteiger charge is 2.13. The molecule has 0 aliphatic carbocycles. The van der Waals surface area contributed by atoms with E-state index in [1.54, 1.807) is 19.5 Å². The fourth-order valence-corrected chi connectivity index (χ4v) is 2.44. The van der Waals surface area contributed by atoms with Crippen molar-refractivity contribution in [3.8, 4) is 5.75 Å². The van der Waals surface area contributed by atoms with Crippen molar-refractivity contribution in [3.05, 3.63) is 58.9 Å². The van der Waals surface area contributed by atoms with Crippen LogP contribution in [0.15, 0.2) is 42.7 Å². The molecule has 0 spiro atoms. The molecule has 1 N–H and O–H groups in total. The van der Waals surface area contributed by atoms with Crippen LogP contribution in [-0.2, 0) is 12.8 Å². The van der Waals surface area contributed by atoms with E-state index >= 15 is 0 Å². The Hall–Kier alpha value is -1.58. The van der Waals surface area contributed by atoms with Crippen LogP contribution in [0.2, 0.25) is 5.02 Å². The van der Waals surface area contributed by atoms with E-state index in [4.69, 9.17) is 16.3 Å². The number of ether oxygens (including phenoxy) is 1. The maximum atomic E-state index is 6.17. The molecule has 0 saturated carbocycles. The van der Waals surface area contributed by atoms with Crippen molar-refractivity contribution in [1.82, 2.24) is 10.3 Å². The third-order valence-electron chi connectivity index (χ3n) is 3.39. The molecule has 0 saturated heterocycles. The average Bonchev–Trinajstić information content (AvgIpc) is 2.49. The first kappa shape index (κ1) is 14.8. The molecule has 20 heavy (non-hydrogen) atoms. The van der Waals surface area contributed by atoms with Gasteiger partial charge in [-0.05, 0) is 43.1 Å². The van der Waals surface area contributed by atoms with E-state index in [1.807, 2.05) is 31.3 Å². The number of rotatable bonds is 6. The predicted octanol–water partition coefficient (Wildman–Crippen LogP) is 3.12. The summed E-state index contributed by atoms with van der Waals surface area (Å²) >= 11 is 6.17. The maximum Gasteiger partial charge on any atom is 0.122 e. The fourth-order valence-electron chi connectivity index (χ4n) is 2.25. The lowest BCUT2D eigenvalue weighted by Crippen LogP contribution is -2.30. The normalized spacial score (nSPS) is 12.2. The molecule has 0 bridgehead atoms. The first-order valence-corrected chi connectivity index (χ1v) is 7.00. The zero-order valence-electron chi connectivity index (χ0n) is 11.8. The van der Waals surface area contributed by atoms with Crippen LogP contribution in [0, 0.1) is 0 Å². The number of nitrogens with zero attached hydrogens (tertiary/aromatic N) is 1. The van der Waals surface area contributed by atoms with Crippen molar-refractivity contribution >= 4 is 11.6 Å². The second-order valence-electron chi connectivity index (χ2n) is 4.67. The summed E-state index contributed by atoms with van der Waals surface area (Å²) in [5.74, 6) is 0.925. The minimum atomic E-state index is 0.297. The molecule has 4 heteroatoms. The summed E-state index contributed by atoms with van der Waals surface area (Å²) in [7, 11) is 3.67. The number of benzene rings is 1. The summed E-state index contributed by atoms with van der Waals surface area (Å²) in [5, 5.41) is 4.06. The zero-order valence-corrected chi connectivity index (χ0v) is 12.5. The number of methoxy groups -OCH3 is 1. The summed E-state index contributed by atoms with van der Waals surface area (Å²) in [6.45, 7) is 0. The van der Waals surface area contributed by atoms with Gasteiger partial charge in [0, 0.05) is 18.4 Å². The van der Waals surface area contributed by atoms with Crippen LogP contribution < -0.4 is 10.1 Å². The predicted molar refractivity (Wildman–Crippen MR) is 82.5 cm³/mol. The molecule has 0 radical (unpaired) electrons. The molecule has 0 aliphatic heterocycles. The van der Waals surface area contributed by atoms with Gasteiger partial charge in [-0.3, -0.25) is 4.98 Å². The Kier molecular flexibility index (Phi) is 5.39. The van der Waals surface area contributed by atoms with Gasteiger partial charge in [-0.2, -0.15) is 0 Å². The first-order valence-electron chi connectivity index (χ1n) is 6.62.